The first kappa shape index (κ1) is 22.6. The van der Waals surface area contributed by atoms with Crippen LogP contribution in [0.5, 0.6) is 0 Å². The highest BCUT2D eigenvalue weighted by Gasteiger charge is 2.39. The molecule has 1 amide bonds. The summed E-state index contributed by atoms with van der Waals surface area (Å²) in [6.07, 6.45) is 3.44. The predicted molar refractivity (Wildman–Crippen MR) is 133 cm³/mol. The smallest absolute Gasteiger partial charge is 0.410 e. The van der Waals surface area contributed by atoms with Crippen molar-refractivity contribution in [2.45, 2.75) is 51.9 Å². The quantitative estimate of drug-likeness (QED) is 0.589. The van der Waals surface area contributed by atoms with E-state index in [0.717, 1.165) is 51.3 Å². The van der Waals surface area contributed by atoms with Crippen molar-refractivity contribution in [3.8, 4) is 17.2 Å². The van der Waals surface area contributed by atoms with Crippen molar-refractivity contribution in [1.29, 1.82) is 5.26 Å². The summed E-state index contributed by atoms with van der Waals surface area (Å²) in [4.78, 5) is 22.0. The number of aromatic nitrogens is 1. The molecule has 3 aromatic rings. The number of ether oxygens (including phenoxy) is 1. The minimum absolute atomic E-state index is 0.0223. The van der Waals surface area contributed by atoms with Crippen molar-refractivity contribution in [3.63, 3.8) is 0 Å². The number of aryl methyl sites for hydroxylation is 1. The van der Waals surface area contributed by atoms with E-state index in [4.69, 9.17) is 4.74 Å². The molecule has 0 unspecified atom stereocenters. The van der Waals surface area contributed by atoms with E-state index in [1.54, 1.807) is 11.1 Å². The van der Waals surface area contributed by atoms with Crippen LogP contribution >= 0.6 is 11.3 Å². The fourth-order valence-corrected chi connectivity index (χ4v) is 5.82. The van der Waals surface area contributed by atoms with E-state index in [-0.39, 0.29) is 18.7 Å². The Hall–Kier alpha value is -3.15. The van der Waals surface area contributed by atoms with Gasteiger partial charge in [-0.2, -0.15) is 5.26 Å². The van der Waals surface area contributed by atoms with Gasteiger partial charge in [-0.25, -0.2) is 4.79 Å². The first-order chi connectivity index (χ1) is 16.3. The molecule has 0 saturated carbocycles. The maximum absolute atomic E-state index is 12.5. The summed E-state index contributed by atoms with van der Waals surface area (Å²) in [5, 5.41) is 19.4. The lowest BCUT2D eigenvalue weighted by Crippen LogP contribution is -2.62. The predicted octanol–water partition coefficient (Wildman–Crippen LogP) is 4.70. The number of benzene rings is 1. The summed E-state index contributed by atoms with van der Waals surface area (Å²) in [6, 6.07) is 10.4. The molecular weight excluding hydrogens is 448 g/mol. The number of hydrogen-bond acceptors (Lipinski definition) is 7. The zero-order valence-electron chi connectivity index (χ0n) is 19.7. The molecule has 7 nitrogen and oxygen atoms in total. The first-order valence-electron chi connectivity index (χ1n) is 11.6. The Labute approximate surface area is 203 Å². The molecule has 1 fully saturated rings. The maximum Gasteiger partial charge on any atom is 0.410 e. The van der Waals surface area contributed by atoms with Gasteiger partial charge in [0.2, 0.25) is 0 Å². The number of carbonyl (C=O) groups excluding carboxylic acids is 1. The van der Waals surface area contributed by atoms with Gasteiger partial charge in [0.15, 0.2) is 0 Å². The molecule has 0 atom stereocenters. The number of carbonyl (C=O) groups is 1. The van der Waals surface area contributed by atoms with E-state index in [9.17, 15) is 15.2 Å². The molecule has 1 saturated heterocycles. The molecule has 4 heterocycles. The van der Waals surface area contributed by atoms with Crippen LogP contribution < -0.4 is 4.90 Å². The second kappa shape index (κ2) is 8.57. The zero-order valence-corrected chi connectivity index (χ0v) is 20.5. The summed E-state index contributed by atoms with van der Waals surface area (Å²) in [7, 11) is 0. The number of thiophene rings is 1. The van der Waals surface area contributed by atoms with E-state index in [2.05, 4.69) is 16.0 Å². The standard InChI is InChI=1S/C26H28N4O3S/c1-26(2,3)33-25(32)29-13-18(14-29)30-8-4-5-17-9-16(12-27)10-21(23(17)30)20-6-7-28-22-11-19(15-31)34-24(20)22/h6-7,9-11,18,31H,4-5,8,13-15H2,1-3H3. The van der Waals surface area contributed by atoms with Crippen LogP contribution in [0.2, 0.25) is 0 Å². The Morgan fingerprint density at radius 2 is 2.09 bits per heavy atom. The van der Waals surface area contributed by atoms with Crippen molar-refractivity contribution >= 4 is 33.3 Å². The van der Waals surface area contributed by atoms with Crippen molar-refractivity contribution in [3.05, 3.63) is 46.5 Å². The third kappa shape index (κ3) is 4.10. The number of anilines is 1. The molecule has 0 radical (unpaired) electrons. The molecule has 0 bridgehead atoms. The Morgan fingerprint density at radius 1 is 1.29 bits per heavy atom. The van der Waals surface area contributed by atoms with E-state index in [0.29, 0.717) is 18.7 Å². The van der Waals surface area contributed by atoms with Gasteiger partial charge in [-0.3, -0.25) is 4.98 Å². The molecule has 2 aliphatic rings. The van der Waals surface area contributed by atoms with E-state index in [1.807, 2.05) is 45.0 Å². The third-order valence-electron chi connectivity index (χ3n) is 6.31. The highest BCUT2D eigenvalue weighted by molar-refractivity contribution is 7.19. The van der Waals surface area contributed by atoms with E-state index < -0.39 is 5.60 Å². The van der Waals surface area contributed by atoms with E-state index >= 15 is 0 Å². The van der Waals surface area contributed by atoms with Gasteiger partial charge >= 0.3 is 6.09 Å². The van der Waals surface area contributed by atoms with Crippen molar-refractivity contribution in [2.75, 3.05) is 24.5 Å². The molecule has 5 rings (SSSR count). The second-order valence-corrected chi connectivity index (χ2v) is 11.1. The van der Waals surface area contributed by atoms with Crippen LogP contribution in [0, 0.1) is 11.3 Å². The number of nitriles is 1. The van der Waals surface area contributed by atoms with Gasteiger partial charge in [0, 0.05) is 47.5 Å². The van der Waals surface area contributed by atoms with Gasteiger partial charge in [-0.1, -0.05) is 0 Å². The topological polar surface area (TPSA) is 89.7 Å². The SMILES string of the molecule is CC(C)(C)OC(=O)N1CC(N2CCCc3cc(C#N)cc(-c4ccnc5cc(CO)sc45)c32)C1. The number of aliphatic hydroxyl groups is 1. The Kier molecular flexibility index (Phi) is 5.70. The van der Waals surface area contributed by atoms with Crippen LogP contribution in [0.25, 0.3) is 21.3 Å². The van der Waals surface area contributed by atoms with Gasteiger partial charge in [-0.05, 0) is 63.4 Å². The molecule has 34 heavy (non-hydrogen) atoms. The van der Waals surface area contributed by atoms with Gasteiger partial charge in [-0.15, -0.1) is 11.3 Å². The van der Waals surface area contributed by atoms with Crippen molar-refractivity contribution in [2.24, 2.45) is 0 Å². The van der Waals surface area contributed by atoms with Crippen LogP contribution in [0.3, 0.4) is 0 Å². The molecular formula is C26H28N4O3S. The zero-order chi connectivity index (χ0) is 24.0. The maximum atomic E-state index is 12.5. The van der Waals surface area contributed by atoms with E-state index in [1.165, 1.54) is 16.9 Å². The number of amides is 1. The minimum Gasteiger partial charge on any atom is -0.444 e. The summed E-state index contributed by atoms with van der Waals surface area (Å²) in [6.45, 7) is 7.75. The van der Waals surface area contributed by atoms with Crippen molar-refractivity contribution < 1.29 is 14.6 Å². The number of hydrogen-bond donors (Lipinski definition) is 1. The van der Waals surface area contributed by atoms with Gasteiger partial charge in [0.05, 0.1) is 34.5 Å². The molecule has 1 aromatic carbocycles. The molecule has 8 heteroatoms. The number of rotatable bonds is 3. The highest BCUT2D eigenvalue weighted by atomic mass is 32.1. The third-order valence-corrected chi connectivity index (χ3v) is 7.46. The fraction of sp³-hybridized carbons (Fsp3) is 0.423. The average Bonchev–Trinajstić information content (AvgIpc) is 3.19. The number of fused-ring (bicyclic) bond motifs is 2. The summed E-state index contributed by atoms with van der Waals surface area (Å²) in [5.74, 6) is 0. The van der Waals surface area contributed by atoms with Gasteiger partial charge in [0.1, 0.15) is 5.60 Å². The molecule has 2 aliphatic heterocycles. The Morgan fingerprint density at radius 3 is 2.79 bits per heavy atom. The average molecular weight is 477 g/mol. The molecule has 176 valence electrons. The van der Waals surface area contributed by atoms with Gasteiger partial charge < -0.3 is 19.6 Å². The second-order valence-electron chi connectivity index (χ2n) is 9.92. The highest BCUT2D eigenvalue weighted by Crippen LogP contribution is 2.44. The summed E-state index contributed by atoms with van der Waals surface area (Å²) < 4.78 is 6.55. The Balaban J connectivity index is 1.53. The fourth-order valence-electron chi connectivity index (χ4n) is 4.82. The van der Waals surface area contributed by atoms with Crippen molar-refractivity contribution in [1.82, 2.24) is 9.88 Å². The molecule has 1 N–H and O–H groups in total. The molecule has 2 aromatic heterocycles. The monoisotopic (exact) mass is 476 g/mol. The lowest BCUT2D eigenvalue weighted by Gasteiger charge is -2.48. The number of pyridine rings is 1. The van der Waals surface area contributed by atoms with Crippen LogP contribution in [-0.4, -0.2) is 52.4 Å². The first-order valence-corrected chi connectivity index (χ1v) is 12.4. The summed E-state index contributed by atoms with van der Waals surface area (Å²) >= 11 is 1.54. The molecule has 0 spiro atoms. The lowest BCUT2D eigenvalue weighted by molar-refractivity contribution is 0.00802. The lowest BCUT2D eigenvalue weighted by atomic mass is 9.90. The number of nitrogens with zero attached hydrogens (tertiary/aromatic N) is 4. The summed E-state index contributed by atoms with van der Waals surface area (Å²) in [5.41, 5.74) is 5.34. The Bertz CT molecular complexity index is 1300. The van der Waals surface area contributed by atoms with Crippen LogP contribution in [-0.2, 0) is 17.8 Å². The van der Waals surface area contributed by atoms with Gasteiger partial charge in [0.25, 0.3) is 0 Å². The number of aliphatic hydroxyl groups excluding tert-OH is 1. The minimum atomic E-state index is -0.512. The van der Waals surface area contributed by atoms with Crippen LogP contribution in [0.4, 0.5) is 10.5 Å². The largest absolute Gasteiger partial charge is 0.444 e. The normalized spacial score (nSPS) is 16.2. The van der Waals surface area contributed by atoms with Crippen LogP contribution in [0.1, 0.15) is 43.2 Å². The number of likely N-dealkylation sites (tertiary alicyclic amines) is 1. The molecule has 0 aliphatic carbocycles. The van der Waals surface area contributed by atoms with Crippen LogP contribution in [0.15, 0.2) is 30.5 Å².